The molecule has 1 aromatic rings. The van der Waals surface area contributed by atoms with Crippen LogP contribution in [0.4, 0.5) is 0 Å². The van der Waals surface area contributed by atoms with Crippen LogP contribution in [-0.4, -0.2) is 20.7 Å². The van der Waals surface area contributed by atoms with E-state index in [0.29, 0.717) is 0 Å². The highest BCUT2D eigenvalue weighted by atomic mass is 15.2. The van der Waals surface area contributed by atoms with Crippen molar-refractivity contribution in [1.82, 2.24) is 15.2 Å². The van der Waals surface area contributed by atoms with Gasteiger partial charge < -0.3 is 5.73 Å². The second-order valence-corrected chi connectivity index (χ2v) is 3.94. The van der Waals surface area contributed by atoms with E-state index in [4.69, 9.17) is 5.73 Å². The number of rotatable bonds is 3. The Hall–Kier alpha value is -0.900. The van der Waals surface area contributed by atoms with Crippen molar-refractivity contribution in [3.8, 4) is 0 Å². The van der Waals surface area contributed by atoms with Gasteiger partial charge in [-0.3, -0.25) is 5.10 Å². The molecule has 1 saturated carbocycles. The zero-order chi connectivity index (χ0) is 9.31. The molecule has 1 aliphatic carbocycles. The Balaban J connectivity index is 2.01. The standard InChI is InChI=1S/C9H16N4/c1-2-7-11-8(13-12-7)6-9(10)4-3-5-9/h2-6,10H2,1H3,(H,11,12,13). The highest BCUT2D eigenvalue weighted by Crippen LogP contribution is 2.31. The molecule has 0 unspecified atom stereocenters. The summed E-state index contributed by atoms with van der Waals surface area (Å²) in [6.45, 7) is 2.05. The van der Waals surface area contributed by atoms with Crippen molar-refractivity contribution < 1.29 is 0 Å². The number of H-pyrrole nitrogens is 1. The van der Waals surface area contributed by atoms with Gasteiger partial charge in [-0.25, -0.2) is 4.98 Å². The predicted octanol–water partition coefficient (Wildman–Crippen LogP) is 0.791. The van der Waals surface area contributed by atoms with Crippen LogP contribution < -0.4 is 5.73 Å². The van der Waals surface area contributed by atoms with E-state index in [0.717, 1.165) is 37.3 Å². The third kappa shape index (κ3) is 1.72. The second-order valence-electron chi connectivity index (χ2n) is 3.94. The highest BCUT2D eigenvalue weighted by Gasteiger charge is 2.33. The highest BCUT2D eigenvalue weighted by molar-refractivity contribution is 5.02. The lowest BCUT2D eigenvalue weighted by molar-refractivity contribution is 0.243. The fraction of sp³-hybridized carbons (Fsp3) is 0.778. The lowest BCUT2D eigenvalue weighted by Gasteiger charge is -2.37. The molecule has 72 valence electrons. The predicted molar refractivity (Wildman–Crippen MR) is 50.2 cm³/mol. The summed E-state index contributed by atoms with van der Waals surface area (Å²) in [4.78, 5) is 4.35. The van der Waals surface area contributed by atoms with E-state index in [1.165, 1.54) is 6.42 Å². The molecular weight excluding hydrogens is 164 g/mol. The van der Waals surface area contributed by atoms with Crippen LogP contribution >= 0.6 is 0 Å². The zero-order valence-electron chi connectivity index (χ0n) is 8.01. The quantitative estimate of drug-likeness (QED) is 0.722. The number of hydrogen-bond donors (Lipinski definition) is 2. The fourth-order valence-electron chi connectivity index (χ4n) is 1.71. The molecule has 4 nitrogen and oxygen atoms in total. The first kappa shape index (κ1) is 8.69. The molecule has 4 heteroatoms. The number of nitrogens with one attached hydrogen (secondary N) is 1. The normalized spacial score (nSPS) is 19.8. The van der Waals surface area contributed by atoms with Gasteiger partial charge >= 0.3 is 0 Å². The van der Waals surface area contributed by atoms with E-state index in [-0.39, 0.29) is 5.54 Å². The molecule has 2 rings (SSSR count). The molecule has 13 heavy (non-hydrogen) atoms. The Morgan fingerprint density at radius 1 is 1.54 bits per heavy atom. The van der Waals surface area contributed by atoms with Gasteiger partial charge in [-0.15, -0.1) is 0 Å². The minimum Gasteiger partial charge on any atom is -0.325 e. The third-order valence-corrected chi connectivity index (χ3v) is 2.76. The number of hydrogen-bond acceptors (Lipinski definition) is 3. The first-order chi connectivity index (χ1) is 6.22. The van der Waals surface area contributed by atoms with Crippen LogP contribution in [-0.2, 0) is 12.8 Å². The number of aryl methyl sites for hydroxylation is 1. The van der Waals surface area contributed by atoms with E-state index in [9.17, 15) is 0 Å². The van der Waals surface area contributed by atoms with Crippen molar-refractivity contribution in [1.29, 1.82) is 0 Å². The topological polar surface area (TPSA) is 67.6 Å². The molecule has 0 atom stereocenters. The van der Waals surface area contributed by atoms with Crippen LogP contribution in [0.2, 0.25) is 0 Å². The summed E-state index contributed by atoms with van der Waals surface area (Å²) in [6, 6.07) is 0. The minimum atomic E-state index is 0.00451. The van der Waals surface area contributed by atoms with Crippen molar-refractivity contribution >= 4 is 0 Å². The van der Waals surface area contributed by atoms with Crippen molar-refractivity contribution in [3.63, 3.8) is 0 Å². The monoisotopic (exact) mass is 180 g/mol. The molecule has 3 N–H and O–H groups in total. The van der Waals surface area contributed by atoms with Crippen LogP contribution in [0.3, 0.4) is 0 Å². The lowest BCUT2D eigenvalue weighted by atomic mass is 9.75. The van der Waals surface area contributed by atoms with E-state index >= 15 is 0 Å². The van der Waals surface area contributed by atoms with Gasteiger partial charge in [-0.2, -0.15) is 5.10 Å². The molecule has 0 saturated heterocycles. The van der Waals surface area contributed by atoms with Gasteiger partial charge in [0.1, 0.15) is 11.6 Å². The van der Waals surface area contributed by atoms with Gasteiger partial charge in [0.2, 0.25) is 0 Å². The van der Waals surface area contributed by atoms with Gasteiger partial charge in [-0.05, 0) is 19.3 Å². The maximum absolute atomic E-state index is 6.10. The molecule has 1 heterocycles. The second kappa shape index (κ2) is 3.10. The van der Waals surface area contributed by atoms with E-state index in [1.807, 2.05) is 0 Å². The van der Waals surface area contributed by atoms with Crippen molar-refractivity contribution in [3.05, 3.63) is 11.6 Å². The molecule has 0 amide bonds. The van der Waals surface area contributed by atoms with Gasteiger partial charge in [0.15, 0.2) is 0 Å². The Bertz CT molecular complexity index is 288. The van der Waals surface area contributed by atoms with E-state index in [1.54, 1.807) is 0 Å². The minimum absolute atomic E-state index is 0.00451. The molecule has 0 aromatic carbocycles. The summed E-state index contributed by atoms with van der Waals surface area (Å²) >= 11 is 0. The Morgan fingerprint density at radius 3 is 2.77 bits per heavy atom. The summed E-state index contributed by atoms with van der Waals surface area (Å²) in [7, 11) is 0. The van der Waals surface area contributed by atoms with Gasteiger partial charge in [0.05, 0.1) is 0 Å². The zero-order valence-corrected chi connectivity index (χ0v) is 8.01. The lowest BCUT2D eigenvalue weighted by Crippen LogP contribution is -2.48. The van der Waals surface area contributed by atoms with Crippen molar-refractivity contribution in [2.24, 2.45) is 5.73 Å². The number of aromatic nitrogens is 3. The smallest absolute Gasteiger partial charge is 0.150 e. The summed E-state index contributed by atoms with van der Waals surface area (Å²) in [5.41, 5.74) is 6.10. The molecule has 0 aliphatic heterocycles. The summed E-state index contributed by atoms with van der Waals surface area (Å²) in [6.07, 6.45) is 5.23. The van der Waals surface area contributed by atoms with E-state index < -0.39 is 0 Å². The SMILES string of the molecule is CCc1n[nH]c(CC2(N)CCC2)n1. The fourth-order valence-corrected chi connectivity index (χ4v) is 1.71. The van der Waals surface area contributed by atoms with Crippen LogP contribution in [0.1, 0.15) is 37.8 Å². The first-order valence-electron chi connectivity index (χ1n) is 4.91. The Labute approximate surface area is 77.9 Å². The first-order valence-corrected chi connectivity index (χ1v) is 4.91. The summed E-state index contributed by atoms with van der Waals surface area (Å²) < 4.78 is 0. The maximum atomic E-state index is 6.10. The van der Waals surface area contributed by atoms with E-state index in [2.05, 4.69) is 22.1 Å². The number of nitrogens with zero attached hydrogens (tertiary/aromatic N) is 2. The Morgan fingerprint density at radius 2 is 2.31 bits per heavy atom. The van der Waals surface area contributed by atoms with Crippen LogP contribution in [0, 0.1) is 0 Å². The molecule has 0 radical (unpaired) electrons. The summed E-state index contributed by atoms with van der Waals surface area (Å²) in [5, 5.41) is 7.03. The number of aromatic amines is 1. The average Bonchev–Trinajstić information content (AvgIpc) is 2.49. The molecular formula is C9H16N4. The third-order valence-electron chi connectivity index (χ3n) is 2.76. The Kier molecular flexibility index (Phi) is 2.07. The molecule has 0 spiro atoms. The average molecular weight is 180 g/mol. The number of nitrogens with two attached hydrogens (primary N) is 1. The van der Waals surface area contributed by atoms with Crippen molar-refractivity contribution in [2.75, 3.05) is 0 Å². The molecule has 1 aliphatic rings. The molecule has 1 aromatic heterocycles. The van der Waals surface area contributed by atoms with Gasteiger partial charge in [0, 0.05) is 18.4 Å². The summed E-state index contributed by atoms with van der Waals surface area (Å²) in [5.74, 6) is 1.83. The van der Waals surface area contributed by atoms with Gasteiger partial charge in [0.25, 0.3) is 0 Å². The van der Waals surface area contributed by atoms with Crippen molar-refractivity contribution in [2.45, 2.75) is 44.6 Å². The molecule has 1 fully saturated rings. The maximum Gasteiger partial charge on any atom is 0.150 e. The molecule has 0 bridgehead atoms. The largest absolute Gasteiger partial charge is 0.325 e. The van der Waals surface area contributed by atoms with Gasteiger partial charge in [-0.1, -0.05) is 6.92 Å². The van der Waals surface area contributed by atoms with Crippen LogP contribution in [0.25, 0.3) is 0 Å². The van der Waals surface area contributed by atoms with Crippen LogP contribution in [0.5, 0.6) is 0 Å². The van der Waals surface area contributed by atoms with Crippen LogP contribution in [0.15, 0.2) is 0 Å².